The normalized spacial score (nSPS) is 14.2. The Morgan fingerprint density at radius 2 is 1.90 bits per heavy atom. The monoisotopic (exact) mass is 444 g/mol. The second-order valence-corrected chi connectivity index (χ2v) is 8.94. The second-order valence-electron chi connectivity index (χ2n) is 7.65. The van der Waals surface area contributed by atoms with E-state index in [0.29, 0.717) is 10.6 Å². The van der Waals surface area contributed by atoms with E-state index in [1.807, 2.05) is 24.4 Å². The molecule has 0 aliphatic heterocycles. The van der Waals surface area contributed by atoms with E-state index in [0.717, 1.165) is 42.4 Å². The van der Waals surface area contributed by atoms with Crippen LogP contribution in [0.1, 0.15) is 60.5 Å². The van der Waals surface area contributed by atoms with Crippen molar-refractivity contribution < 1.29 is 14.3 Å². The fourth-order valence-electron chi connectivity index (χ4n) is 3.69. The third kappa shape index (κ3) is 5.26. The minimum atomic E-state index is -0.407. The molecule has 1 aliphatic carbocycles. The van der Waals surface area contributed by atoms with Crippen molar-refractivity contribution in [2.45, 2.75) is 52.9 Å². The van der Waals surface area contributed by atoms with Gasteiger partial charge in [-0.2, -0.15) is 0 Å². The predicted molar refractivity (Wildman–Crippen MR) is 126 cm³/mol. The molecule has 1 heterocycles. The molecule has 1 fully saturated rings. The molecule has 0 radical (unpaired) electrons. The Hall–Kier alpha value is -2.25. The van der Waals surface area contributed by atoms with Gasteiger partial charge in [0.1, 0.15) is 10.6 Å². The van der Waals surface area contributed by atoms with Gasteiger partial charge in [-0.05, 0) is 62.5 Å². The summed E-state index contributed by atoms with van der Waals surface area (Å²) in [5, 5.41) is 8.56. The minimum Gasteiger partial charge on any atom is -0.462 e. The summed E-state index contributed by atoms with van der Waals surface area (Å²) in [7, 11) is 0. The Morgan fingerprint density at radius 1 is 1.17 bits per heavy atom. The van der Waals surface area contributed by atoms with E-state index in [1.165, 1.54) is 23.3 Å². The molecule has 0 spiro atoms. The summed E-state index contributed by atoms with van der Waals surface area (Å²) in [6.07, 6.45) is 5.15. The smallest absolute Gasteiger partial charge is 0.341 e. The number of anilines is 1. The lowest BCUT2D eigenvalue weighted by molar-refractivity contribution is -0.124. The summed E-state index contributed by atoms with van der Waals surface area (Å²) >= 11 is 6.74. The Bertz CT molecular complexity index is 946. The first-order valence-corrected chi connectivity index (χ1v) is 11.7. The molecule has 1 saturated carbocycles. The van der Waals surface area contributed by atoms with Gasteiger partial charge in [0, 0.05) is 16.9 Å². The summed E-state index contributed by atoms with van der Waals surface area (Å²) < 4.78 is 5.30. The maximum Gasteiger partial charge on any atom is 0.341 e. The maximum atomic E-state index is 12.7. The van der Waals surface area contributed by atoms with Crippen molar-refractivity contribution in [2.75, 3.05) is 11.9 Å². The molecule has 3 rings (SSSR count). The van der Waals surface area contributed by atoms with E-state index < -0.39 is 5.97 Å². The topological polar surface area (TPSA) is 67.4 Å². The molecule has 160 valence electrons. The molecule has 0 bridgehead atoms. The highest BCUT2D eigenvalue weighted by Crippen LogP contribution is 2.37. The zero-order valence-electron chi connectivity index (χ0n) is 17.7. The number of thiophene rings is 1. The zero-order chi connectivity index (χ0) is 21.7. The van der Waals surface area contributed by atoms with Crippen LogP contribution in [0.4, 0.5) is 5.00 Å². The molecule has 1 aromatic heterocycles. The Kier molecular flexibility index (Phi) is 7.61. The highest BCUT2D eigenvalue weighted by atomic mass is 32.1. The number of aryl methyl sites for hydroxylation is 2. The molecule has 7 heteroatoms. The van der Waals surface area contributed by atoms with Crippen LogP contribution < -0.4 is 10.6 Å². The van der Waals surface area contributed by atoms with Crippen LogP contribution in [0.3, 0.4) is 0 Å². The van der Waals surface area contributed by atoms with Crippen molar-refractivity contribution in [1.82, 2.24) is 5.32 Å². The van der Waals surface area contributed by atoms with Crippen LogP contribution in [0, 0.1) is 19.8 Å². The van der Waals surface area contributed by atoms with Crippen LogP contribution in [-0.4, -0.2) is 23.6 Å². The highest BCUT2D eigenvalue weighted by molar-refractivity contribution is 7.80. The summed E-state index contributed by atoms with van der Waals surface area (Å²) in [5.41, 5.74) is 4.53. The molecule has 0 saturated heterocycles. The lowest BCUT2D eigenvalue weighted by Crippen LogP contribution is -2.39. The average molecular weight is 445 g/mol. The van der Waals surface area contributed by atoms with Gasteiger partial charge in [0.2, 0.25) is 5.91 Å². The molecule has 1 amide bonds. The summed E-state index contributed by atoms with van der Waals surface area (Å²) in [6.45, 7) is 6.16. The summed E-state index contributed by atoms with van der Waals surface area (Å²) in [5.74, 6) is -0.441. The molecule has 0 unspecified atom stereocenters. The quantitative estimate of drug-likeness (QED) is 0.464. The fourth-order valence-corrected chi connectivity index (χ4v) is 4.92. The molecule has 30 heavy (non-hydrogen) atoms. The molecule has 2 aromatic rings. The number of carbonyl (C=O) groups is 2. The predicted octanol–water partition coefficient (Wildman–Crippen LogP) is 5.60. The first kappa shape index (κ1) is 22.4. The van der Waals surface area contributed by atoms with Crippen molar-refractivity contribution >= 4 is 45.5 Å². The number of benzene rings is 1. The van der Waals surface area contributed by atoms with E-state index in [2.05, 4.69) is 23.6 Å². The van der Waals surface area contributed by atoms with Gasteiger partial charge in [-0.3, -0.25) is 4.79 Å². The number of hydrogen-bond acceptors (Lipinski definition) is 5. The number of thiocarbonyl (C=S) groups is 1. The van der Waals surface area contributed by atoms with E-state index >= 15 is 0 Å². The number of ether oxygens (including phenoxy) is 1. The third-order valence-electron chi connectivity index (χ3n) is 5.53. The van der Waals surface area contributed by atoms with Crippen LogP contribution in [0.15, 0.2) is 23.6 Å². The van der Waals surface area contributed by atoms with Gasteiger partial charge in [0.25, 0.3) is 0 Å². The van der Waals surface area contributed by atoms with Gasteiger partial charge in [-0.15, -0.1) is 11.3 Å². The van der Waals surface area contributed by atoms with Gasteiger partial charge in [0.15, 0.2) is 5.11 Å². The van der Waals surface area contributed by atoms with Crippen molar-refractivity contribution in [3.8, 4) is 11.1 Å². The highest BCUT2D eigenvalue weighted by Gasteiger charge is 2.25. The first-order chi connectivity index (χ1) is 14.4. The number of esters is 1. The van der Waals surface area contributed by atoms with Gasteiger partial charge < -0.3 is 15.4 Å². The molecule has 2 N–H and O–H groups in total. The van der Waals surface area contributed by atoms with Crippen LogP contribution >= 0.6 is 23.6 Å². The van der Waals surface area contributed by atoms with Gasteiger partial charge in [-0.1, -0.05) is 37.5 Å². The standard InChI is InChI=1S/C23H28N2O3S2/c1-4-28-22(27)19-18(17-11-10-14(2)15(3)12-17)13-30-21(19)25-23(29)24-20(26)16-8-6-5-7-9-16/h10-13,16H,4-9H2,1-3H3,(H2,24,25,26,29). The van der Waals surface area contributed by atoms with E-state index in [4.69, 9.17) is 17.0 Å². The molecule has 1 aromatic carbocycles. The molecule has 5 nitrogen and oxygen atoms in total. The first-order valence-electron chi connectivity index (χ1n) is 10.4. The number of rotatable bonds is 5. The molecule has 0 atom stereocenters. The van der Waals surface area contributed by atoms with Gasteiger partial charge in [-0.25, -0.2) is 4.79 Å². The SMILES string of the molecule is CCOC(=O)c1c(-c2ccc(C)c(C)c2)csc1NC(=S)NC(=O)C1CCCCC1. The Labute approximate surface area is 187 Å². The van der Waals surface area contributed by atoms with E-state index in [1.54, 1.807) is 6.92 Å². The zero-order valence-corrected chi connectivity index (χ0v) is 19.3. The van der Waals surface area contributed by atoms with E-state index in [-0.39, 0.29) is 23.5 Å². The van der Waals surface area contributed by atoms with E-state index in [9.17, 15) is 9.59 Å². The molecular weight excluding hydrogens is 416 g/mol. The molecular formula is C23H28N2O3S2. The minimum absolute atomic E-state index is 0.0115. The van der Waals surface area contributed by atoms with Gasteiger partial charge in [0.05, 0.1) is 6.61 Å². The van der Waals surface area contributed by atoms with Crippen LogP contribution in [0.2, 0.25) is 0 Å². The van der Waals surface area contributed by atoms with Crippen molar-refractivity contribution in [3.63, 3.8) is 0 Å². The van der Waals surface area contributed by atoms with Crippen LogP contribution in [0.5, 0.6) is 0 Å². The Balaban J connectivity index is 1.82. The van der Waals surface area contributed by atoms with Crippen LogP contribution in [0.25, 0.3) is 11.1 Å². The maximum absolute atomic E-state index is 12.7. The van der Waals surface area contributed by atoms with Crippen molar-refractivity contribution in [2.24, 2.45) is 5.92 Å². The largest absolute Gasteiger partial charge is 0.462 e. The fraction of sp³-hybridized carbons (Fsp3) is 0.435. The lowest BCUT2D eigenvalue weighted by Gasteiger charge is -2.21. The lowest BCUT2D eigenvalue weighted by atomic mass is 9.89. The van der Waals surface area contributed by atoms with Gasteiger partial charge >= 0.3 is 5.97 Å². The number of amides is 1. The van der Waals surface area contributed by atoms with Crippen molar-refractivity contribution in [1.29, 1.82) is 0 Å². The molecule has 1 aliphatic rings. The van der Waals surface area contributed by atoms with Crippen molar-refractivity contribution in [3.05, 3.63) is 40.3 Å². The Morgan fingerprint density at radius 3 is 2.57 bits per heavy atom. The summed E-state index contributed by atoms with van der Waals surface area (Å²) in [6, 6.07) is 6.10. The summed E-state index contributed by atoms with van der Waals surface area (Å²) in [4.78, 5) is 25.2. The number of carbonyl (C=O) groups excluding carboxylic acids is 2. The third-order valence-corrected chi connectivity index (χ3v) is 6.63. The number of hydrogen-bond donors (Lipinski definition) is 2. The number of nitrogens with one attached hydrogen (secondary N) is 2. The average Bonchev–Trinajstić information content (AvgIpc) is 3.14. The second kappa shape index (κ2) is 10.2. The van der Waals surface area contributed by atoms with Crippen LogP contribution in [-0.2, 0) is 9.53 Å².